The summed E-state index contributed by atoms with van der Waals surface area (Å²) in [6.45, 7) is 3.92. The molecule has 16 nitrogen and oxygen atoms in total. The van der Waals surface area contributed by atoms with Gasteiger partial charge >= 0.3 is 0 Å². The van der Waals surface area contributed by atoms with Gasteiger partial charge in [0.05, 0.1) is 59.5 Å². The number of hydrogen-bond acceptors (Lipinski definition) is 11. The monoisotopic (exact) mass is 735 g/mol. The van der Waals surface area contributed by atoms with Crippen LogP contribution < -0.4 is 27.0 Å². The number of amides is 5. The predicted molar refractivity (Wildman–Crippen MR) is 192 cm³/mol. The van der Waals surface area contributed by atoms with E-state index < -0.39 is 17.4 Å². The average molecular weight is 736 g/mol. The molecule has 0 aromatic rings. The third-order valence-corrected chi connectivity index (χ3v) is 7.10. The second-order valence-electron chi connectivity index (χ2n) is 11.3. The van der Waals surface area contributed by atoms with Crippen LogP contribution >= 0.6 is 0 Å². The van der Waals surface area contributed by atoms with Crippen molar-refractivity contribution in [1.82, 2.24) is 21.3 Å². The van der Waals surface area contributed by atoms with E-state index in [0.717, 1.165) is 0 Å². The Labute approximate surface area is 308 Å². The van der Waals surface area contributed by atoms with Crippen molar-refractivity contribution in [2.24, 2.45) is 5.73 Å². The molecule has 0 unspecified atom stereocenters. The van der Waals surface area contributed by atoms with E-state index in [2.05, 4.69) is 39.0 Å². The summed E-state index contributed by atoms with van der Waals surface area (Å²) in [5, 5.41) is 11.3. The van der Waals surface area contributed by atoms with E-state index in [1.807, 2.05) is 0 Å². The summed E-state index contributed by atoms with van der Waals surface area (Å²) in [6, 6.07) is 0. The largest absolute Gasteiger partial charge is 0.377 e. The van der Waals surface area contributed by atoms with Crippen molar-refractivity contribution in [2.75, 3.05) is 98.9 Å². The lowest BCUT2D eigenvalue weighted by Crippen LogP contribution is -2.50. The summed E-state index contributed by atoms with van der Waals surface area (Å²) in [5.41, 5.74) is 4.12. The molecular formula is C36H57N5O11. The molecule has 0 radical (unpaired) electrons. The van der Waals surface area contributed by atoms with Gasteiger partial charge in [0.1, 0.15) is 19.8 Å². The van der Waals surface area contributed by atoms with E-state index in [1.165, 1.54) is 0 Å². The van der Waals surface area contributed by atoms with Crippen molar-refractivity contribution >= 4 is 29.5 Å². The zero-order chi connectivity index (χ0) is 38.5. The molecule has 6 N–H and O–H groups in total. The minimum atomic E-state index is -1.11. The van der Waals surface area contributed by atoms with E-state index >= 15 is 0 Å². The van der Waals surface area contributed by atoms with Gasteiger partial charge in [-0.05, 0) is 25.7 Å². The van der Waals surface area contributed by atoms with E-state index in [0.29, 0.717) is 39.6 Å². The van der Waals surface area contributed by atoms with Gasteiger partial charge in [0.25, 0.3) is 0 Å². The number of carbonyl (C=O) groups excluding carboxylic acids is 5. The first-order valence-electron chi connectivity index (χ1n) is 17.3. The summed E-state index contributed by atoms with van der Waals surface area (Å²) >= 11 is 0. The highest BCUT2D eigenvalue weighted by molar-refractivity contribution is 5.80. The SMILES string of the molecule is C#CCOCCOCCNC(=O)CCC(CCC(=O)NCCOCCOCC#C)(CCC(=O)NCCOCCOCC#C)NC(=O)CCCC(N)=O. The van der Waals surface area contributed by atoms with Gasteiger partial charge in [-0.2, -0.15) is 0 Å². The molecule has 292 valence electrons. The van der Waals surface area contributed by atoms with Crippen LogP contribution in [-0.2, 0) is 52.4 Å². The number of primary amides is 1. The molecule has 0 aromatic heterocycles. The maximum atomic E-state index is 13.1. The maximum Gasteiger partial charge on any atom is 0.220 e. The molecule has 52 heavy (non-hydrogen) atoms. The first-order chi connectivity index (χ1) is 25.2. The number of carbonyl (C=O) groups is 5. The summed E-state index contributed by atoms with van der Waals surface area (Å²) in [7, 11) is 0. The molecule has 0 atom stereocenters. The Morgan fingerprint density at radius 1 is 0.481 bits per heavy atom. The van der Waals surface area contributed by atoms with Crippen molar-refractivity contribution in [3.8, 4) is 37.0 Å². The van der Waals surface area contributed by atoms with Crippen LogP contribution in [0.15, 0.2) is 0 Å². The van der Waals surface area contributed by atoms with E-state index in [-0.39, 0.29) is 135 Å². The molecule has 0 aromatic carbocycles. The normalized spacial score (nSPS) is 10.7. The highest BCUT2D eigenvalue weighted by Gasteiger charge is 2.33. The second kappa shape index (κ2) is 33.9. The number of nitrogens with one attached hydrogen (secondary N) is 4. The topological polar surface area (TPSA) is 215 Å². The average Bonchev–Trinajstić information content (AvgIpc) is 3.12. The Balaban J connectivity index is 5.43. The fraction of sp³-hybridized carbons (Fsp3) is 0.694. The third-order valence-electron chi connectivity index (χ3n) is 7.10. The van der Waals surface area contributed by atoms with Gasteiger partial charge in [-0.15, -0.1) is 19.3 Å². The Bertz CT molecular complexity index is 1030. The van der Waals surface area contributed by atoms with Gasteiger partial charge in [-0.1, -0.05) is 17.8 Å². The fourth-order valence-electron chi connectivity index (χ4n) is 4.51. The third kappa shape index (κ3) is 30.6. The first-order valence-corrected chi connectivity index (χ1v) is 17.3. The highest BCUT2D eigenvalue weighted by atomic mass is 16.5. The van der Waals surface area contributed by atoms with Gasteiger partial charge in [0.2, 0.25) is 29.5 Å². The number of hydrogen-bond donors (Lipinski definition) is 5. The molecule has 0 aliphatic heterocycles. The van der Waals surface area contributed by atoms with Crippen LogP contribution in [0.2, 0.25) is 0 Å². The number of rotatable bonds is 35. The van der Waals surface area contributed by atoms with E-state index in [1.54, 1.807) is 0 Å². The zero-order valence-corrected chi connectivity index (χ0v) is 30.3. The summed E-state index contributed by atoms with van der Waals surface area (Å²) < 4.78 is 31.7. The van der Waals surface area contributed by atoms with Gasteiger partial charge in [-0.25, -0.2) is 0 Å². The molecular weight excluding hydrogens is 678 g/mol. The van der Waals surface area contributed by atoms with Crippen molar-refractivity contribution in [2.45, 2.75) is 63.3 Å². The van der Waals surface area contributed by atoms with Crippen LogP contribution in [0.4, 0.5) is 0 Å². The highest BCUT2D eigenvalue weighted by Crippen LogP contribution is 2.26. The summed E-state index contributed by atoms with van der Waals surface area (Å²) in [4.78, 5) is 62.9. The van der Waals surface area contributed by atoms with Crippen LogP contribution in [0, 0.1) is 37.0 Å². The summed E-state index contributed by atoms with van der Waals surface area (Å²) in [6.07, 6.45) is 16.0. The lowest BCUT2D eigenvalue weighted by molar-refractivity contribution is -0.127. The quantitative estimate of drug-likeness (QED) is 0.0401. The molecule has 0 bridgehead atoms. The minimum absolute atomic E-state index is 0.0114. The minimum Gasteiger partial charge on any atom is -0.377 e. The Hall–Kier alpha value is -4.21. The Morgan fingerprint density at radius 3 is 1.15 bits per heavy atom. The molecule has 0 saturated heterocycles. The number of terminal acetylenes is 3. The van der Waals surface area contributed by atoms with Gasteiger partial charge < -0.3 is 55.4 Å². The Kier molecular flexibility index (Phi) is 31.2. The number of ether oxygens (including phenoxy) is 6. The van der Waals surface area contributed by atoms with Gasteiger partial charge in [-0.3, -0.25) is 24.0 Å². The van der Waals surface area contributed by atoms with Crippen LogP contribution in [-0.4, -0.2) is 134 Å². The van der Waals surface area contributed by atoms with Crippen molar-refractivity contribution < 1.29 is 52.4 Å². The zero-order valence-electron chi connectivity index (χ0n) is 30.3. The molecule has 0 heterocycles. The molecule has 16 heteroatoms. The lowest BCUT2D eigenvalue weighted by atomic mass is 9.82. The van der Waals surface area contributed by atoms with Crippen molar-refractivity contribution in [3.05, 3.63) is 0 Å². The van der Waals surface area contributed by atoms with Gasteiger partial charge in [0.15, 0.2) is 0 Å². The molecule has 5 amide bonds. The molecule has 0 aliphatic rings. The maximum absolute atomic E-state index is 13.1. The standard InChI is InChI=1S/C36H57N5O11/c1-4-19-47-25-28-50-22-16-38-32(43)10-13-36(41-35(46)9-7-8-31(37)42,14-11-33(44)39-17-23-51-29-26-48-20-5-2)15-12-34(45)40-18-24-52-30-27-49-21-6-3/h1-3H,7-30H2,(H2,37,42)(H,38,43)(H,39,44)(H,40,45)(H,41,46). The van der Waals surface area contributed by atoms with E-state index in [9.17, 15) is 24.0 Å². The molecule has 0 rings (SSSR count). The summed E-state index contributed by atoms with van der Waals surface area (Å²) in [5.74, 6) is 5.22. The Morgan fingerprint density at radius 2 is 0.827 bits per heavy atom. The smallest absolute Gasteiger partial charge is 0.220 e. The predicted octanol–water partition coefficient (Wildman–Crippen LogP) is -0.815. The van der Waals surface area contributed by atoms with Crippen molar-refractivity contribution in [1.29, 1.82) is 0 Å². The van der Waals surface area contributed by atoms with Gasteiger partial charge in [0, 0.05) is 57.3 Å². The lowest BCUT2D eigenvalue weighted by Gasteiger charge is -2.35. The van der Waals surface area contributed by atoms with E-state index in [4.69, 9.17) is 53.4 Å². The van der Waals surface area contributed by atoms with Crippen LogP contribution in [0.25, 0.3) is 0 Å². The van der Waals surface area contributed by atoms with Crippen LogP contribution in [0.5, 0.6) is 0 Å². The first kappa shape index (κ1) is 47.8. The van der Waals surface area contributed by atoms with Crippen LogP contribution in [0.1, 0.15) is 57.8 Å². The molecule has 0 fully saturated rings. The molecule has 0 spiro atoms. The molecule has 0 saturated carbocycles. The van der Waals surface area contributed by atoms with Crippen LogP contribution in [0.3, 0.4) is 0 Å². The van der Waals surface area contributed by atoms with Crippen molar-refractivity contribution in [3.63, 3.8) is 0 Å². The second-order valence-corrected chi connectivity index (χ2v) is 11.3. The fourth-order valence-corrected chi connectivity index (χ4v) is 4.51. The molecule has 0 aliphatic carbocycles. The number of nitrogens with two attached hydrogens (primary N) is 1.